The zero-order chi connectivity index (χ0) is 18.1. The third-order valence-corrected chi connectivity index (χ3v) is 4.39. The monoisotopic (exact) mass is 364 g/mol. The van der Waals surface area contributed by atoms with Gasteiger partial charge >= 0.3 is 0 Å². The SMILES string of the molecule is O=C(Nc1ccc(-c2cc3cc(F)ccc3[nH]2)cc1)c1ccc(Cl)cc1. The van der Waals surface area contributed by atoms with E-state index in [0.717, 1.165) is 22.2 Å². The zero-order valence-corrected chi connectivity index (χ0v) is 14.3. The van der Waals surface area contributed by atoms with Gasteiger partial charge in [-0.25, -0.2) is 4.39 Å². The highest BCUT2D eigenvalue weighted by atomic mass is 35.5. The van der Waals surface area contributed by atoms with Crippen LogP contribution in [-0.2, 0) is 0 Å². The highest BCUT2D eigenvalue weighted by molar-refractivity contribution is 6.30. The van der Waals surface area contributed by atoms with Crippen LogP contribution in [0, 0.1) is 5.82 Å². The van der Waals surface area contributed by atoms with Crippen molar-refractivity contribution in [2.75, 3.05) is 5.32 Å². The number of aromatic nitrogens is 1. The molecule has 0 fully saturated rings. The summed E-state index contributed by atoms with van der Waals surface area (Å²) in [7, 11) is 0. The standard InChI is InChI=1S/C21H14ClFN2O/c22-16-5-1-14(2-6-16)21(26)24-18-8-3-13(4-9-18)20-12-15-11-17(23)7-10-19(15)25-20/h1-12,25H,(H,24,26). The Hall–Kier alpha value is -3.11. The number of carbonyl (C=O) groups is 1. The lowest BCUT2D eigenvalue weighted by Gasteiger charge is -2.06. The number of benzene rings is 3. The Balaban J connectivity index is 1.54. The summed E-state index contributed by atoms with van der Waals surface area (Å²) in [5, 5.41) is 4.26. The molecule has 1 amide bonds. The second-order valence-electron chi connectivity index (χ2n) is 5.95. The smallest absolute Gasteiger partial charge is 0.255 e. The van der Waals surface area contributed by atoms with E-state index in [2.05, 4.69) is 10.3 Å². The molecular formula is C21H14ClFN2O. The molecule has 3 nitrogen and oxygen atoms in total. The van der Waals surface area contributed by atoms with Crippen LogP contribution in [-0.4, -0.2) is 10.9 Å². The largest absolute Gasteiger partial charge is 0.355 e. The molecule has 5 heteroatoms. The molecule has 1 heterocycles. The van der Waals surface area contributed by atoms with Gasteiger partial charge in [-0.1, -0.05) is 23.7 Å². The first kappa shape index (κ1) is 16.4. The van der Waals surface area contributed by atoms with E-state index < -0.39 is 0 Å². The average molecular weight is 365 g/mol. The molecule has 0 spiro atoms. The summed E-state index contributed by atoms with van der Waals surface area (Å²) in [5.74, 6) is -0.459. The Kier molecular flexibility index (Phi) is 4.19. The Morgan fingerprint density at radius 2 is 1.65 bits per heavy atom. The molecule has 0 aliphatic heterocycles. The fraction of sp³-hybridized carbons (Fsp3) is 0. The normalized spacial score (nSPS) is 10.8. The lowest BCUT2D eigenvalue weighted by atomic mass is 10.1. The maximum atomic E-state index is 13.3. The number of H-pyrrole nitrogens is 1. The van der Waals surface area contributed by atoms with Crippen LogP contribution in [0.3, 0.4) is 0 Å². The molecule has 128 valence electrons. The van der Waals surface area contributed by atoms with Crippen LogP contribution < -0.4 is 5.32 Å². The van der Waals surface area contributed by atoms with E-state index in [1.807, 2.05) is 30.3 Å². The first-order valence-corrected chi connectivity index (χ1v) is 8.42. The summed E-state index contributed by atoms with van der Waals surface area (Å²) in [4.78, 5) is 15.5. The molecule has 0 unspecified atom stereocenters. The van der Waals surface area contributed by atoms with Crippen LogP contribution in [0.5, 0.6) is 0 Å². The lowest BCUT2D eigenvalue weighted by molar-refractivity contribution is 0.102. The van der Waals surface area contributed by atoms with Crippen molar-refractivity contribution in [2.45, 2.75) is 0 Å². The first-order chi connectivity index (χ1) is 12.6. The molecule has 2 N–H and O–H groups in total. The summed E-state index contributed by atoms with van der Waals surface area (Å²) in [6, 6.07) is 20.7. The number of hydrogen-bond donors (Lipinski definition) is 2. The quantitative estimate of drug-likeness (QED) is 0.468. The molecule has 0 bridgehead atoms. The first-order valence-electron chi connectivity index (χ1n) is 8.04. The number of fused-ring (bicyclic) bond motifs is 1. The predicted octanol–water partition coefficient (Wildman–Crippen LogP) is 5.88. The van der Waals surface area contributed by atoms with Gasteiger partial charge in [0.05, 0.1) is 0 Å². The van der Waals surface area contributed by atoms with Crippen LogP contribution in [0.1, 0.15) is 10.4 Å². The Morgan fingerprint density at radius 3 is 2.38 bits per heavy atom. The predicted molar refractivity (Wildman–Crippen MR) is 103 cm³/mol. The van der Waals surface area contributed by atoms with E-state index in [9.17, 15) is 9.18 Å². The number of halogens is 2. The number of carbonyl (C=O) groups excluding carboxylic acids is 1. The number of nitrogens with one attached hydrogen (secondary N) is 2. The molecule has 3 aromatic carbocycles. The topological polar surface area (TPSA) is 44.9 Å². The second kappa shape index (κ2) is 6.65. The molecule has 1 aromatic heterocycles. The molecule has 0 aliphatic rings. The Bertz CT molecular complexity index is 1090. The Labute approximate surface area is 154 Å². The molecule has 0 radical (unpaired) electrons. The van der Waals surface area contributed by atoms with Crippen molar-refractivity contribution in [3.63, 3.8) is 0 Å². The van der Waals surface area contributed by atoms with Crippen molar-refractivity contribution in [3.05, 3.63) is 89.2 Å². The van der Waals surface area contributed by atoms with E-state index >= 15 is 0 Å². The lowest BCUT2D eigenvalue weighted by Crippen LogP contribution is -2.11. The van der Waals surface area contributed by atoms with Crippen LogP contribution in [0.25, 0.3) is 22.2 Å². The fourth-order valence-electron chi connectivity index (χ4n) is 2.80. The highest BCUT2D eigenvalue weighted by Gasteiger charge is 2.07. The van der Waals surface area contributed by atoms with Crippen molar-refractivity contribution in [3.8, 4) is 11.3 Å². The molecular weight excluding hydrogens is 351 g/mol. The van der Waals surface area contributed by atoms with Crippen LogP contribution in [0.15, 0.2) is 72.8 Å². The van der Waals surface area contributed by atoms with Gasteiger partial charge in [0.15, 0.2) is 0 Å². The third-order valence-electron chi connectivity index (χ3n) is 4.14. The van der Waals surface area contributed by atoms with Crippen molar-refractivity contribution >= 4 is 34.1 Å². The number of aromatic amines is 1. The van der Waals surface area contributed by atoms with Crippen LogP contribution in [0.2, 0.25) is 5.02 Å². The number of amides is 1. The molecule has 0 saturated carbocycles. The second-order valence-corrected chi connectivity index (χ2v) is 6.39. The van der Waals surface area contributed by atoms with Crippen LogP contribution in [0.4, 0.5) is 10.1 Å². The molecule has 4 aromatic rings. The van der Waals surface area contributed by atoms with E-state index in [-0.39, 0.29) is 11.7 Å². The van der Waals surface area contributed by atoms with E-state index in [1.54, 1.807) is 30.3 Å². The van der Waals surface area contributed by atoms with Gasteiger partial charge in [-0.2, -0.15) is 0 Å². The summed E-state index contributed by atoms with van der Waals surface area (Å²) in [6.07, 6.45) is 0. The Morgan fingerprint density at radius 1 is 0.923 bits per heavy atom. The average Bonchev–Trinajstić information content (AvgIpc) is 3.06. The minimum atomic E-state index is -0.261. The maximum absolute atomic E-state index is 13.3. The minimum absolute atomic E-state index is 0.199. The van der Waals surface area contributed by atoms with Gasteiger partial charge in [-0.05, 0) is 66.2 Å². The number of rotatable bonds is 3. The van der Waals surface area contributed by atoms with Crippen molar-refractivity contribution < 1.29 is 9.18 Å². The van der Waals surface area contributed by atoms with Gasteiger partial charge in [0.25, 0.3) is 5.91 Å². The maximum Gasteiger partial charge on any atom is 0.255 e. The summed E-state index contributed by atoms with van der Waals surface area (Å²) in [6.45, 7) is 0. The zero-order valence-electron chi connectivity index (χ0n) is 13.6. The van der Waals surface area contributed by atoms with Crippen molar-refractivity contribution in [2.24, 2.45) is 0 Å². The van der Waals surface area contributed by atoms with Gasteiger partial charge in [0.2, 0.25) is 0 Å². The van der Waals surface area contributed by atoms with Gasteiger partial charge in [0, 0.05) is 32.9 Å². The van der Waals surface area contributed by atoms with E-state index in [4.69, 9.17) is 11.6 Å². The number of hydrogen-bond acceptors (Lipinski definition) is 1. The van der Waals surface area contributed by atoms with Crippen LogP contribution >= 0.6 is 11.6 Å². The molecule has 0 atom stereocenters. The number of anilines is 1. The molecule has 0 aliphatic carbocycles. The van der Waals surface area contributed by atoms with Crippen molar-refractivity contribution in [1.82, 2.24) is 4.98 Å². The fourth-order valence-corrected chi connectivity index (χ4v) is 2.92. The minimum Gasteiger partial charge on any atom is -0.355 e. The van der Waals surface area contributed by atoms with E-state index in [0.29, 0.717) is 16.3 Å². The van der Waals surface area contributed by atoms with Gasteiger partial charge in [-0.3, -0.25) is 4.79 Å². The van der Waals surface area contributed by atoms with Gasteiger partial charge in [0.1, 0.15) is 5.82 Å². The highest BCUT2D eigenvalue weighted by Crippen LogP contribution is 2.26. The summed E-state index contributed by atoms with van der Waals surface area (Å²) >= 11 is 5.83. The van der Waals surface area contributed by atoms with Crippen molar-refractivity contribution in [1.29, 1.82) is 0 Å². The molecule has 0 saturated heterocycles. The van der Waals surface area contributed by atoms with E-state index in [1.165, 1.54) is 12.1 Å². The summed E-state index contributed by atoms with van der Waals surface area (Å²) in [5.41, 5.74) is 3.95. The summed E-state index contributed by atoms with van der Waals surface area (Å²) < 4.78 is 13.3. The molecule has 4 rings (SSSR count). The molecule has 26 heavy (non-hydrogen) atoms. The van der Waals surface area contributed by atoms with Gasteiger partial charge < -0.3 is 10.3 Å². The third kappa shape index (κ3) is 3.32. The van der Waals surface area contributed by atoms with Gasteiger partial charge in [-0.15, -0.1) is 0 Å².